The van der Waals surface area contributed by atoms with E-state index in [9.17, 15) is 0 Å². The van der Waals surface area contributed by atoms with Crippen molar-refractivity contribution >= 4 is 0 Å². The number of hydrogen-bond acceptors (Lipinski definition) is 3. The van der Waals surface area contributed by atoms with E-state index in [0.29, 0.717) is 11.5 Å². The molecule has 1 saturated carbocycles. The van der Waals surface area contributed by atoms with Crippen LogP contribution in [0.3, 0.4) is 0 Å². The predicted molar refractivity (Wildman–Crippen MR) is 57.4 cm³/mol. The Labute approximate surface area is 86.6 Å². The summed E-state index contributed by atoms with van der Waals surface area (Å²) in [6, 6.07) is 0.521. The highest BCUT2D eigenvalue weighted by Gasteiger charge is 2.31. The zero-order valence-corrected chi connectivity index (χ0v) is 9.14. The maximum atomic E-state index is 5.40. The average molecular weight is 198 g/mol. The zero-order valence-electron chi connectivity index (χ0n) is 9.14. The fourth-order valence-electron chi connectivity index (χ4n) is 2.26. The summed E-state index contributed by atoms with van der Waals surface area (Å²) in [6.07, 6.45) is 4.21. The van der Waals surface area contributed by atoms with Gasteiger partial charge in [-0.05, 0) is 18.3 Å². The molecule has 1 aliphatic heterocycles. The molecule has 0 aromatic carbocycles. The molecule has 1 saturated heterocycles. The average Bonchev–Trinajstić information content (AvgIpc) is 2.17. The van der Waals surface area contributed by atoms with Crippen molar-refractivity contribution in [3.63, 3.8) is 0 Å². The number of rotatable bonds is 4. The van der Waals surface area contributed by atoms with Gasteiger partial charge in [0, 0.05) is 25.7 Å². The number of morpholine rings is 1. The van der Waals surface area contributed by atoms with Crippen LogP contribution in [0.5, 0.6) is 0 Å². The quantitative estimate of drug-likeness (QED) is 0.699. The lowest BCUT2D eigenvalue weighted by Crippen LogP contribution is -2.49. The molecular weight excluding hydrogens is 176 g/mol. The third-order valence-electron chi connectivity index (χ3n) is 3.50. The summed E-state index contributed by atoms with van der Waals surface area (Å²) < 4.78 is 5.40. The lowest BCUT2D eigenvalue weighted by Gasteiger charge is -2.39. The largest absolute Gasteiger partial charge is 0.378 e. The van der Waals surface area contributed by atoms with Gasteiger partial charge in [0.1, 0.15) is 0 Å². The van der Waals surface area contributed by atoms with Crippen molar-refractivity contribution in [2.75, 3.05) is 32.8 Å². The predicted octanol–water partition coefficient (Wildman–Crippen LogP) is 0.755. The standard InChI is InChI=1S/C11H22N2O/c1-11(3-2-4-11)9-12-7-10-8-14-6-5-13-10/h10,12-13H,2-9H2,1H3. The molecular formula is C11H22N2O. The molecule has 1 heterocycles. The van der Waals surface area contributed by atoms with Crippen molar-refractivity contribution in [2.24, 2.45) is 5.41 Å². The van der Waals surface area contributed by atoms with Crippen molar-refractivity contribution in [3.05, 3.63) is 0 Å². The van der Waals surface area contributed by atoms with Crippen molar-refractivity contribution in [2.45, 2.75) is 32.2 Å². The van der Waals surface area contributed by atoms with E-state index in [1.54, 1.807) is 0 Å². The maximum absolute atomic E-state index is 5.40. The van der Waals surface area contributed by atoms with E-state index in [2.05, 4.69) is 17.6 Å². The number of hydrogen-bond donors (Lipinski definition) is 2. The first-order valence-electron chi connectivity index (χ1n) is 5.80. The summed E-state index contributed by atoms with van der Waals surface area (Å²) in [7, 11) is 0. The first kappa shape index (κ1) is 10.4. The molecule has 0 aromatic heterocycles. The molecule has 3 nitrogen and oxygen atoms in total. The van der Waals surface area contributed by atoms with Crippen LogP contribution in [0.2, 0.25) is 0 Å². The van der Waals surface area contributed by atoms with Crippen LogP contribution in [-0.4, -0.2) is 38.9 Å². The molecule has 0 amide bonds. The molecule has 2 rings (SSSR count). The second-order valence-corrected chi connectivity index (χ2v) is 5.02. The molecule has 1 atom stereocenters. The SMILES string of the molecule is CC1(CNCC2COCCN2)CCC1. The van der Waals surface area contributed by atoms with Crippen molar-refractivity contribution < 1.29 is 4.74 Å². The van der Waals surface area contributed by atoms with Crippen LogP contribution < -0.4 is 10.6 Å². The summed E-state index contributed by atoms with van der Waals surface area (Å²) in [6.45, 7) is 7.34. The van der Waals surface area contributed by atoms with Crippen molar-refractivity contribution in [1.82, 2.24) is 10.6 Å². The monoisotopic (exact) mass is 198 g/mol. The van der Waals surface area contributed by atoms with Crippen molar-refractivity contribution in [3.8, 4) is 0 Å². The van der Waals surface area contributed by atoms with Crippen LogP contribution in [0, 0.1) is 5.41 Å². The van der Waals surface area contributed by atoms with Crippen molar-refractivity contribution in [1.29, 1.82) is 0 Å². The van der Waals surface area contributed by atoms with Gasteiger partial charge >= 0.3 is 0 Å². The Kier molecular flexibility index (Phi) is 3.42. The van der Waals surface area contributed by atoms with Gasteiger partial charge in [0.2, 0.25) is 0 Å². The summed E-state index contributed by atoms with van der Waals surface area (Å²) in [5.41, 5.74) is 0.593. The van der Waals surface area contributed by atoms with Crippen LogP contribution in [0.1, 0.15) is 26.2 Å². The van der Waals surface area contributed by atoms with Gasteiger partial charge in [-0.1, -0.05) is 13.3 Å². The molecule has 2 N–H and O–H groups in total. The van der Waals surface area contributed by atoms with E-state index in [0.717, 1.165) is 26.3 Å². The highest BCUT2D eigenvalue weighted by molar-refractivity contribution is 4.86. The molecule has 0 bridgehead atoms. The van der Waals surface area contributed by atoms with E-state index in [1.807, 2.05) is 0 Å². The fraction of sp³-hybridized carbons (Fsp3) is 1.00. The molecule has 0 aromatic rings. The molecule has 2 aliphatic rings. The van der Waals surface area contributed by atoms with Crippen LogP contribution in [0.4, 0.5) is 0 Å². The van der Waals surface area contributed by atoms with E-state index in [-0.39, 0.29) is 0 Å². The minimum absolute atomic E-state index is 0.521. The molecule has 0 spiro atoms. The van der Waals surface area contributed by atoms with Gasteiger partial charge in [-0.2, -0.15) is 0 Å². The minimum Gasteiger partial charge on any atom is -0.378 e. The summed E-state index contributed by atoms with van der Waals surface area (Å²) in [5.74, 6) is 0. The highest BCUT2D eigenvalue weighted by atomic mass is 16.5. The Bertz CT molecular complexity index is 174. The third kappa shape index (κ3) is 2.69. The number of ether oxygens (including phenoxy) is 1. The molecule has 14 heavy (non-hydrogen) atoms. The molecule has 3 heteroatoms. The Hall–Kier alpha value is -0.120. The Morgan fingerprint density at radius 1 is 1.50 bits per heavy atom. The van der Waals surface area contributed by atoms with E-state index in [1.165, 1.54) is 25.8 Å². The van der Waals surface area contributed by atoms with Gasteiger partial charge in [-0.3, -0.25) is 0 Å². The lowest BCUT2D eigenvalue weighted by molar-refractivity contribution is 0.0736. The Morgan fingerprint density at radius 3 is 2.93 bits per heavy atom. The second-order valence-electron chi connectivity index (χ2n) is 5.02. The normalized spacial score (nSPS) is 31.1. The van der Waals surface area contributed by atoms with E-state index in [4.69, 9.17) is 4.74 Å². The first-order chi connectivity index (χ1) is 6.79. The molecule has 1 aliphatic carbocycles. The summed E-state index contributed by atoms with van der Waals surface area (Å²) >= 11 is 0. The van der Waals surface area contributed by atoms with Gasteiger partial charge in [0.25, 0.3) is 0 Å². The van der Waals surface area contributed by atoms with E-state index >= 15 is 0 Å². The Balaban J connectivity index is 1.57. The smallest absolute Gasteiger partial charge is 0.0632 e. The van der Waals surface area contributed by atoms with Crippen LogP contribution >= 0.6 is 0 Å². The zero-order chi connectivity index (χ0) is 9.86. The first-order valence-corrected chi connectivity index (χ1v) is 5.80. The molecule has 0 radical (unpaired) electrons. The topological polar surface area (TPSA) is 33.3 Å². The Morgan fingerprint density at radius 2 is 2.36 bits per heavy atom. The summed E-state index contributed by atoms with van der Waals surface area (Å²) in [4.78, 5) is 0. The van der Waals surface area contributed by atoms with Gasteiger partial charge < -0.3 is 15.4 Å². The molecule has 2 fully saturated rings. The summed E-state index contributed by atoms with van der Waals surface area (Å²) in [5, 5.41) is 7.01. The van der Waals surface area contributed by atoms with E-state index < -0.39 is 0 Å². The fourth-order valence-corrected chi connectivity index (χ4v) is 2.26. The molecule has 1 unspecified atom stereocenters. The highest BCUT2D eigenvalue weighted by Crippen LogP contribution is 2.39. The second kappa shape index (κ2) is 4.60. The lowest BCUT2D eigenvalue weighted by atomic mass is 9.70. The maximum Gasteiger partial charge on any atom is 0.0632 e. The minimum atomic E-state index is 0.521. The number of nitrogens with one attached hydrogen (secondary N) is 2. The molecule has 82 valence electrons. The van der Waals surface area contributed by atoms with Gasteiger partial charge in [0.15, 0.2) is 0 Å². The van der Waals surface area contributed by atoms with Crippen LogP contribution in [0.25, 0.3) is 0 Å². The van der Waals surface area contributed by atoms with Gasteiger partial charge in [-0.15, -0.1) is 0 Å². The van der Waals surface area contributed by atoms with Crippen LogP contribution in [-0.2, 0) is 4.74 Å². The van der Waals surface area contributed by atoms with Gasteiger partial charge in [-0.25, -0.2) is 0 Å². The van der Waals surface area contributed by atoms with Crippen LogP contribution in [0.15, 0.2) is 0 Å². The van der Waals surface area contributed by atoms with Gasteiger partial charge in [0.05, 0.1) is 13.2 Å². The third-order valence-corrected chi connectivity index (χ3v) is 3.50.